The van der Waals surface area contributed by atoms with Crippen LogP contribution in [0.3, 0.4) is 0 Å². The minimum Gasteiger partial charge on any atom is -0.472 e. The summed E-state index contributed by atoms with van der Waals surface area (Å²) in [6.45, 7) is 3.73. The lowest BCUT2D eigenvalue weighted by molar-refractivity contribution is -0.118. The summed E-state index contributed by atoms with van der Waals surface area (Å²) in [6, 6.07) is 5.67. The maximum Gasteiger partial charge on any atom is 0.227 e. The highest BCUT2D eigenvalue weighted by atomic mass is 16.5. The second-order valence-corrected chi connectivity index (χ2v) is 6.95. The van der Waals surface area contributed by atoms with Crippen molar-refractivity contribution in [3.8, 4) is 0 Å². The fourth-order valence-corrected chi connectivity index (χ4v) is 3.99. The summed E-state index contributed by atoms with van der Waals surface area (Å²) in [7, 11) is 0. The van der Waals surface area contributed by atoms with E-state index in [2.05, 4.69) is 15.2 Å². The van der Waals surface area contributed by atoms with Crippen LogP contribution in [-0.2, 0) is 16.1 Å². The van der Waals surface area contributed by atoms with Gasteiger partial charge in [-0.25, -0.2) is 0 Å². The Hall–Kier alpha value is -2.18. The van der Waals surface area contributed by atoms with Crippen molar-refractivity contribution in [3.05, 3.63) is 48.7 Å². The van der Waals surface area contributed by atoms with Crippen molar-refractivity contribution in [1.29, 1.82) is 0 Å². The molecule has 25 heavy (non-hydrogen) atoms. The lowest BCUT2D eigenvalue weighted by atomic mass is 9.83. The molecule has 4 heterocycles. The van der Waals surface area contributed by atoms with Crippen molar-refractivity contribution in [2.24, 2.45) is 11.8 Å². The van der Waals surface area contributed by atoms with Gasteiger partial charge in [0.15, 0.2) is 0 Å². The summed E-state index contributed by atoms with van der Waals surface area (Å²) in [4.78, 5) is 18.7. The number of piperidine rings is 1. The molecule has 0 saturated carbocycles. The summed E-state index contributed by atoms with van der Waals surface area (Å²) < 4.78 is 11.1. The molecule has 6 nitrogen and oxygen atoms in total. The quantitative estimate of drug-likeness (QED) is 0.905. The molecule has 132 valence electrons. The number of hydrogen-bond acceptors (Lipinski definition) is 5. The number of fused-ring (bicyclic) bond motifs is 1. The second kappa shape index (κ2) is 7.37. The molecule has 0 aliphatic carbocycles. The summed E-state index contributed by atoms with van der Waals surface area (Å²) in [5.74, 6) is 0.983. The van der Waals surface area contributed by atoms with Crippen LogP contribution in [0.15, 0.2) is 47.5 Å². The Morgan fingerprint density at radius 3 is 3.16 bits per heavy atom. The van der Waals surface area contributed by atoms with Gasteiger partial charge in [0.05, 0.1) is 43.5 Å². The van der Waals surface area contributed by atoms with Gasteiger partial charge in [-0.15, -0.1) is 0 Å². The van der Waals surface area contributed by atoms with Gasteiger partial charge in [-0.3, -0.25) is 14.7 Å². The number of nitrogens with one attached hydrogen (secondary N) is 1. The Labute approximate surface area is 147 Å². The monoisotopic (exact) mass is 341 g/mol. The number of carbonyl (C=O) groups excluding carboxylic acids is 1. The molecular formula is C19H23N3O3. The molecule has 4 rings (SSSR count). The zero-order chi connectivity index (χ0) is 17.1. The average molecular weight is 341 g/mol. The fourth-order valence-electron chi connectivity index (χ4n) is 3.99. The highest BCUT2D eigenvalue weighted by Crippen LogP contribution is 2.36. The molecule has 2 aromatic heterocycles. The molecule has 0 aromatic carbocycles. The maximum absolute atomic E-state index is 12.3. The normalized spacial score (nSPS) is 26.3. The molecule has 0 spiro atoms. The van der Waals surface area contributed by atoms with Gasteiger partial charge in [0, 0.05) is 30.8 Å². The van der Waals surface area contributed by atoms with Crippen molar-refractivity contribution in [2.45, 2.75) is 25.5 Å². The molecule has 2 aromatic rings. The Morgan fingerprint density at radius 2 is 2.36 bits per heavy atom. The van der Waals surface area contributed by atoms with E-state index >= 15 is 0 Å². The van der Waals surface area contributed by atoms with Gasteiger partial charge in [0.1, 0.15) is 0 Å². The first-order valence-corrected chi connectivity index (χ1v) is 8.83. The lowest BCUT2D eigenvalue weighted by Crippen LogP contribution is -2.41. The third kappa shape index (κ3) is 3.91. The highest BCUT2D eigenvalue weighted by Gasteiger charge is 2.41. The molecule has 0 unspecified atom stereocenters. The molecule has 1 amide bonds. The first kappa shape index (κ1) is 16.3. The smallest absolute Gasteiger partial charge is 0.227 e. The predicted octanol–water partition coefficient (Wildman–Crippen LogP) is 2.54. The van der Waals surface area contributed by atoms with Crippen LogP contribution in [0, 0.1) is 11.8 Å². The van der Waals surface area contributed by atoms with Crippen molar-refractivity contribution in [2.75, 3.05) is 25.0 Å². The highest BCUT2D eigenvalue weighted by molar-refractivity contribution is 5.90. The molecule has 0 radical (unpaired) electrons. The number of pyridine rings is 1. The molecule has 2 fully saturated rings. The summed E-state index contributed by atoms with van der Waals surface area (Å²) >= 11 is 0. The van der Waals surface area contributed by atoms with E-state index in [0.29, 0.717) is 18.3 Å². The molecule has 2 saturated heterocycles. The van der Waals surface area contributed by atoms with Crippen LogP contribution in [0.25, 0.3) is 0 Å². The Morgan fingerprint density at radius 1 is 1.40 bits per heavy atom. The number of hydrogen-bond donors (Lipinski definition) is 1. The molecule has 1 N–H and O–H groups in total. The van der Waals surface area contributed by atoms with Gasteiger partial charge in [-0.2, -0.15) is 0 Å². The number of likely N-dealkylation sites (tertiary alicyclic amines) is 1. The first-order valence-electron chi connectivity index (χ1n) is 8.83. The van der Waals surface area contributed by atoms with Crippen LogP contribution in [0.5, 0.6) is 0 Å². The maximum atomic E-state index is 12.3. The van der Waals surface area contributed by atoms with Gasteiger partial charge >= 0.3 is 0 Å². The fraction of sp³-hybridized carbons (Fsp3) is 0.474. The molecule has 2 aliphatic rings. The van der Waals surface area contributed by atoms with Gasteiger partial charge < -0.3 is 14.5 Å². The number of carbonyl (C=O) groups is 1. The van der Waals surface area contributed by atoms with Crippen molar-refractivity contribution < 1.29 is 13.9 Å². The topological polar surface area (TPSA) is 67.6 Å². The molecular weight excluding hydrogens is 318 g/mol. The zero-order valence-corrected chi connectivity index (χ0v) is 14.1. The number of ether oxygens (including phenoxy) is 1. The van der Waals surface area contributed by atoms with Crippen LogP contribution >= 0.6 is 0 Å². The van der Waals surface area contributed by atoms with Gasteiger partial charge in [-0.1, -0.05) is 0 Å². The van der Waals surface area contributed by atoms with Crippen LogP contribution in [-0.4, -0.2) is 41.6 Å². The SMILES string of the molecule is O=C(C[C@@H]1OC[C@@H]2CN(Cc3ccoc3)CC[C@@H]21)Nc1cccnc1. The Kier molecular flexibility index (Phi) is 4.81. The van der Waals surface area contributed by atoms with E-state index in [9.17, 15) is 4.79 Å². The molecule has 3 atom stereocenters. The number of rotatable bonds is 5. The van der Waals surface area contributed by atoms with E-state index < -0.39 is 0 Å². The summed E-state index contributed by atoms with van der Waals surface area (Å²) in [6.07, 6.45) is 8.39. The standard InChI is InChI=1S/C19H23N3O3/c23-19(21-16-2-1-5-20-9-16)8-18-17-3-6-22(11-15(17)13-25-18)10-14-4-7-24-12-14/h1-2,4-5,7,9,12,15,17-18H,3,6,8,10-11,13H2,(H,21,23)/t15-,17-,18-/m0/s1. The van der Waals surface area contributed by atoms with E-state index in [-0.39, 0.29) is 12.0 Å². The number of nitrogens with zero attached hydrogens (tertiary/aromatic N) is 2. The van der Waals surface area contributed by atoms with Crippen molar-refractivity contribution in [3.63, 3.8) is 0 Å². The average Bonchev–Trinajstić information content (AvgIpc) is 3.26. The number of furan rings is 1. The Balaban J connectivity index is 1.29. The Bertz CT molecular complexity index is 689. The zero-order valence-electron chi connectivity index (χ0n) is 14.1. The van der Waals surface area contributed by atoms with Crippen molar-refractivity contribution >= 4 is 11.6 Å². The van der Waals surface area contributed by atoms with E-state index in [1.165, 1.54) is 5.56 Å². The second-order valence-electron chi connectivity index (χ2n) is 6.95. The van der Waals surface area contributed by atoms with E-state index in [1.807, 2.05) is 24.5 Å². The number of aromatic nitrogens is 1. The summed E-state index contributed by atoms with van der Waals surface area (Å²) in [5, 5.41) is 2.90. The minimum absolute atomic E-state index is 0.000485. The minimum atomic E-state index is -0.000485. The van der Waals surface area contributed by atoms with E-state index in [1.54, 1.807) is 18.7 Å². The summed E-state index contributed by atoms with van der Waals surface area (Å²) in [5.41, 5.74) is 1.95. The largest absolute Gasteiger partial charge is 0.472 e. The molecule has 2 aliphatic heterocycles. The van der Waals surface area contributed by atoms with Crippen LogP contribution in [0.1, 0.15) is 18.4 Å². The van der Waals surface area contributed by atoms with Gasteiger partial charge in [0.2, 0.25) is 5.91 Å². The number of amides is 1. The number of anilines is 1. The predicted molar refractivity (Wildman–Crippen MR) is 92.8 cm³/mol. The van der Waals surface area contributed by atoms with Gasteiger partial charge in [-0.05, 0) is 37.1 Å². The molecule has 6 heteroatoms. The van der Waals surface area contributed by atoms with Gasteiger partial charge in [0.25, 0.3) is 0 Å². The lowest BCUT2D eigenvalue weighted by Gasteiger charge is -2.35. The van der Waals surface area contributed by atoms with E-state index in [4.69, 9.17) is 9.15 Å². The van der Waals surface area contributed by atoms with E-state index in [0.717, 1.165) is 38.3 Å². The first-order chi connectivity index (χ1) is 12.3. The van der Waals surface area contributed by atoms with Crippen LogP contribution in [0.4, 0.5) is 5.69 Å². The van der Waals surface area contributed by atoms with Crippen molar-refractivity contribution in [1.82, 2.24) is 9.88 Å². The molecule has 0 bridgehead atoms. The van der Waals surface area contributed by atoms with Crippen LogP contribution < -0.4 is 5.32 Å². The third-order valence-corrected chi connectivity index (χ3v) is 5.20. The van der Waals surface area contributed by atoms with Crippen LogP contribution in [0.2, 0.25) is 0 Å². The third-order valence-electron chi connectivity index (χ3n) is 5.20.